The van der Waals surface area contributed by atoms with Crippen LogP contribution in [0.15, 0.2) is 18.2 Å². The first-order valence-corrected chi connectivity index (χ1v) is 7.73. The Bertz CT molecular complexity index is 525. The van der Waals surface area contributed by atoms with Crippen molar-refractivity contribution in [2.75, 3.05) is 24.5 Å². The molecule has 1 aliphatic heterocycles. The largest absolute Gasteiger partial charge is 0.371 e. The summed E-state index contributed by atoms with van der Waals surface area (Å²) >= 11 is 6.09. The predicted molar refractivity (Wildman–Crippen MR) is 87.8 cm³/mol. The number of hydrogen-bond donors (Lipinski definition) is 2. The molecule has 21 heavy (non-hydrogen) atoms. The maximum absolute atomic E-state index is 11.8. The van der Waals surface area contributed by atoms with Crippen LogP contribution < -0.4 is 16.0 Å². The Balaban J connectivity index is 1.92. The lowest BCUT2D eigenvalue weighted by molar-refractivity contribution is -0.125. The summed E-state index contributed by atoms with van der Waals surface area (Å²) in [6.07, 6.45) is 1.07. The Labute approximate surface area is 131 Å². The number of amides is 1. The lowest BCUT2D eigenvalue weighted by atomic mass is 10.1. The fourth-order valence-electron chi connectivity index (χ4n) is 2.61. The average molecular weight is 310 g/mol. The summed E-state index contributed by atoms with van der Waals surface area (Å²) in [5.41, 5.74) is 7.38. The van der Waals surface area contributed by atoms with Crippen molar-refractivity contribution in [2.45, 2.75) is 32.7 Å². The van der Waals surface area contributed by atoms with Crippen LogP contribution in [0.2, 0.25) is 5.02 Å². The van der Waals surface area contributed by atoms with Gasteiger partial charge in [-0.1, -0.05) is 17.7 Å². The van der Waals surface area contributed by atoms with E-state index < -0.39 is 5.54 Å². The Hall–Kier alpha value is -1.26. The zero-order valence-electron chi connectivity index (χ0n) is 12.9. The van der Waals surface area contributed by atoms with Crippen molar-refractivity contribution in [1.82, 2.24) is 5.32 Å². The summed E-state index contributed by atoms with van der Waals surface area (Å²) in [6, 6.07) is 5.97. The molecule has 1 aromatic carbocycles. The van der Waals surface area contributed by atoms with E-state index in [1.807, 2.05) is 18.2 Å². The lowest BCUT2D eigenvalue weighted by Crippen LogP contribution is -2.50. The minimum atomic E-state index is -0.818. The molecule has 1 unspecified atom stereocenters. The molecule has 0 aromatic heterocycles. The van der Waals surface area contributed by atoms with Gasteiger partial charge in [0.2, 0.25) is 5.91 Å². The van der Waals surface area contributed by atoms with Crippen LogP contribution in [0.3, 0.4) is 0 Å². The van der Waals surface area contributed by atoms with E-state index in [9.17, 15) is 4.79 Å². The Morgan fingerprint density at radius 2 is 2.24 bits per heavy atom. The number of halogens is 1. The second-order valence-corrected chi connectivity index (χ2v) is 6.90. The topological polar surface area (TPSA) is 58.4 Å². The van der Waals surface area contributed by atoms with Gasteiger partial charge in [-0.15, -0.1) is 0 Å². The van der Waals surface area contributed by atoms with Gasteiger partial charge < -0.3 is 16.0 Å². The number of benzene rings is 1. The average Bonchev–Trinajstić information content (AvgIpc) is 2.86. The summed E-state index contributed by atoms with van der Waals surface area (Å²) in [4.78, 5) is 14.1. The van der Waals surface area contributed by atoms with Gasteiger partial charge >= 0.3 is 0 Å². The number of nitrogens with two attached hydrogens (primary N) is 1. The second-order valence-electron chi connectivity index (χ2n) is 6.46. The van der Waals surface area contributed by atoms with E-state index >= 15 is 0 Å². The fourth-order valence-corrected chi connectivity index (χ4v) is 2.77. The molecule has 1 atom stereocenters. The zero-order chi connectivity index (χ0) is 15.6. The molecule has 1 amide bonds. The van der Waals surface area contributed by atoms with Crippen molar-refractivity contribution in [1.29, 1.82) is 0 Å². The first-order valence-electron chi connectivity index (χ1n) is 7.35. The molecular formula is C16H24ClN3O. The number of hydrogen-bond acceptors (Lipinski definition) is 3. The van der Waals surface area contributed by atoms with Gasteiger partial charge in [0.05, 0.1) is 5.54 Å². The van der Waals surface area contributed by atoms with Crippen LogP contribution in [0.1, 0.15) is 25.8 Å². The number of nitrogens with zero attached hydrogens (tertiary/aromatic N) is 1. The van der Waals surface area contributed by atoms with Gasteiger partial charge in [0.25, 0.3) is 0 Å². The van der Waals surface area contributed by atoms with Gasteiger partial charge in [-0.3, -0.25) is 4.79 Å². The van der Waals surface area contributed by atoms with Gasteiger partial charge in [-0.05, 0) is 50.8 Å². The van der Waals surface area contributed by atoms with Crippen LogP contribution in [-0.4, -0.2) is 31.1 Å². The molecular weight excluding hydrogens is 286 g/mol. The van der Waals surface area contributed by atoms with E-state index in [1.165, 1.54) is 11.3 Å². The third-order valence-electron chi connectivity index (χ3n) is 3.93. The first-order chi connectivity index (χ1) is 9.77. The number of carbonyl (C=O) groups is 1. The maximum atomic E-state index is 11.8. The molecule has 1 saturated heterocycles. The second kappa shape index (κ2) is 6.24. The quantitative estimate of drug-likeness (QED) is 0.897. The van der Waals surface area contributed by atoms with Crippen LogP contribution in [0, 0.1) is 12.8 Å². The SMILES string of the molecule is Cc1ccc(Cl)cc1N1CCC(CNC(=O)C(C)(C)N)C1. The smallest absolute Gasteiger partial charge is 0.239 e. The van der Waals surface area contributed by atoms with Gasteiger partial charge in [-0.2, -0.15) is 0 Å². The zero-order valence-corrected chi connectivity index (χ0v) is 13.7. The van der Waals surface area contributed by atoms with Crippen LogP contribution in [-0.2, 0) is 4.79 Å². The summed E-state index contributed by atoms with van der Waals surface area (Å²) in [5, 5.41) is 3.71. The summed E-state index contributed by atoms with van der Waals surface area (Å²) < 4.78 is 0. The Kier molecular flexibility index (Phi) is 4.79. The summed E-state index contributed by atoms with van der Waals surface area (Å²) in [5.74, 6) is 0.356. The highest BCUT2D eigenvalue weighted by Crippen LogP contribution is 2.29. The number of carbonyl (C=O) groups excluding carboxylic acids is 1. The normalized spacial score (nSPS) is 18.9. The van der Waals surface area contributed by atoms with Crippen LogP contribution in [0.4, 0.5) is 5.69 Å². The molecule has 4 nitrogen and oxygen atoms in total. The minimum Gasteiger partial charge on any atom is -0.371 e. The van der Waals surface area contributed by atoms with Crippen molar-refractivity contribution in [2.24, 2.45) is 11.7 Å². The predicted octanol–water partition coefficient (Wildman–Crippen LogP) is 2.33. The van der Waals surface area contributed by atoms with Gasteiger partial charge in [0.15, 0.2) is 0 Å². The van der Waals surface area contributed by atoms with Crippen molar-refractivity contribution in [3.8, 4) is 0 Å². The number of rotatable bonds is 4. The van der Waals surface area contributed by atoms with Crippen LogP contribution in [0.25, 0.3) is 0 Å². The molecule has 1 aromatic rings. The molecule has 1 aliphatic rings. The van der Waals surface area contributed by atoms with Gasteiger partial charge in [0.1, 0.15) is 0 Å². The molecule has 0 radical (unpaired) electrons. The summed E-state index contributed by atoms with van der Waals surface area (Å²) in [6.45, 7) is 8.14. The third kappa shape index (κ3) is 4.11. The molecule has 0 spiro atoms. The van der Waals surface area contributed by atoms with E-state index in [0.717, 1.165) is 24.5 Å². The van der Waals surface area contributed by atoms with Crippen LogP contribution in [0.5, 0.6) is 0 Å². The van der Waals surface area contributed by atoms with E-state index in [4.69, 9.17) is 17.3 Å². The Morgan fingerprint density at radius 1 is 1.52 bits per heavy atom. The van der Waals surface area contributed by atoms with E-state index in [2.05, 4.69) is 17.1 Å². The van der Waals surface area contributed by atoms with Crippen LogP contribution >= 0.6 is 11.6 Å². The molecule has 0 aliphatic carbocycles. The molecule has 0 bridgehead atoms. The van der Waals surface area contributed by atoms with E-state index in [-0.39, 0.29) is 5.91 Å². The van der Waals surface area contributed by atoms with E-state index in [1.54, 1.807) is 13.8 Å². The lowest BCUT2D eigenvalue weighted by Gasteiger charge is -2.22. The van der Waals surface area contributed by atoms with Crippen molar-refractivity contribution >= 4 is 23.2 Å². The van der Waals surface area contributed by atoms with Gasteiger partial charge in [-0.25, -0.2) is 0 Å². The molecule has 1 heterocycles. The molecule has 3 N–H and O–H groups in total. The molecule has 2 rings (SSSR count). The van der Waals surface area contributed by atoms with Crippen molar-refractivity contribution in [3.05, 3.63) is 28.8 Å². The molecule has 5 heteroatoms. The Morgan fingerprint density at radius 3 is 2.90 bits per heavy atom. The molecule has 0 saturated carbocycles. The third-order valence-corrected chi connectivity index (χ3v) is 4.17. The highest BCUT2D eigenvalue weighted by molar-refractivity contribution is 6.30. The molecule has 1 fully saturated rings. The minimum absolute atomic E-state index is 0.0973. The highest BCUT2D eigenvalue weighted by atomic mass is 35.5. The van der Waals surface area contributed by atoms with Gasteiger partial charge in [0, 0.05) is 30.3 Å². The standard InChI is InChI=1S/C16H24ClN3O/c1-11-4-5-13(17)8-14(11)20-7-6-12(10-20)9-19-15(21)16(2,3)18/h4-5,8,12H,6-7,9-10,18H2,1-3H3,(H,19,21). The number of aryl methyl sites for hydroxylation is 1. The van der Waals surface area contributed by atoms with Crippen molar-refractivity contribution < 1.29 is 4.79 Å². The maximum Gasteiger partial charge on any atom is 0.239 e. The van der Waals surface area contributed by atoms with Crippen molar-refractivity contribution in [3.63, 3.8) is 0 Å². The number of anilines is 1. The molecule has 116 valence electrons. The highest BCUT2D eigenvalue weighted by Gasteiger charge is 2.26. The van der Waals surface area contributed by atoms with E-state index in [0.29, 0.717) is 12.5 Å². The fraction of sp³-hybridized carbons (Fsp3) is 0.562. The summed E-state index contributed by atoms with van der Waals surface area (Å²) in [7, 11) is 0. The monoisotopic (exact) mass is 309 g/mol. The first kappa shape index (κ1) is 16.1. The number of nitrogens with one attached hydrogen (secondary N) is 1.